The molecular formula is C12H28N2O. The summed E-state index contributed by atoms with van der Waals surface area (Å²) < 4.78 is 5.08. The summed E-state index contributed by atoms with van der Waals surface area (Å²) in [5, 5.41) is 0. The van der Waals surface area contributed by atoms with Gasteiger partial charge in [0.25, 0.3) is 0 Å². The molecule has 3 heteroatoms. The summed E-state index contributed by atoms with van der Waals surface area (Å²) in [5.41, 5.74) is 5.45. The fourth-order valence-electron chi connectivity index (χ4n) is 1.66. The van der Waals surface area contributed by atoms with E-state index in [0.717, 1.165) is 26.2 Å². The van der Waals surface area contributed by atoms with Gasteiger partial charge in [0, 0.05) is 13.7 Å². The van der Waals surface area contributed by atoms with Crippen LogP contribution in [0.5, 0.6) is 0 Å². The van der Waals surface area contributed by atoms with Crippen molar-refractivity contribution in [1.29, 1.82) is 0 Å². The molecule has 2 N–H and O–H groups in total. The molecule has 0 aromatic heterocycles. The van der Waals surface area contributed by atoms with Crippen molar-refractivity contribution in [2.75, 3.05) is 39.9 Å². The van der Waals surface area contributed by atoms with Gasteiger partial charge in [-0.3, -0.25) is 0 Å². The third-order valence-corrected chi connectivity index (χ3v) is 2.74. The van der Waals surface area contributed by atoms with E-state index in [4.69, 9.17) is 10.5 Å². The topological polar surface area (TPSA) is 38.5 Å². The maximum Gasteiger partial charge on any atom is 0.0589 e. The molecule has 0 aromatic rings. The highest BCUT2D eigenvalue weighted by Gasteiger charge is 2.00. The maximum absolute atomic E-state index is 5.45. The second-order valence-corrected chi connectivity index (χ2v) is 3.98. The zero-order valence-corrected chi connectivity index (χ0v) is 10.5. The van der Waals surface area contributed by atoms with Crippen molar-refractivity contribution in [2.24, 2.45) is 5.73 Å². The normalized spacial score (nSPS) is 11.2. The highest BCUT2D eigenvalue weighted by Crippen LogP contribution is 2.03. The van der Waals surface area contributed by atoms with E-state index < -0.39 is 0 Å². The number of likely N-dealkylation sites (N-methyl/N-ethyl adjacent to an activating group) is 1. The van der Waals surface area contributed by atoms with E-state index in [1.165, 1.54) is 38.6 Å². The Hall–Kier alpha value is -0.120. The third kappa shape index (κ3) is 10.2. The monoisotopic (exact) mass is 216 g/mol. The summed E-state index contributed by atoms with van der Waals surface area (Å²) in [6.45, 7) is 7.31. The Kier molecular flexibility index (Phi) is 11.9. The fourth-order valence-corrected chi connectivity index (χ4v) is 1.66. The van der Waals surface area contributed by atoms with Gasteiger partial charge in [-0.25, -0.2) is 0 Å². The molecule has 0 heterocycles. The molecule has 0 atom stereocenters. The van der Waals surface area contributed by atoms with Crippen molar-refractivity contribution in [2.45, 2.75) is 39.0 Å². The molecule has 0 aromatic carbocycles. The van der Waals surface area contributed by atoms with Gasteiger partial charge in [-0.2, -0.15) is 0 Å². The van der Waals surface area contributed by atoms with E-state index in [9.17, 15) is 0 Å². The molecule has 0 saturated carbocycles. The molecule has 0 bridgehead atoms. The molecule has 0 aliphatic rings. The van der Waals surface area contributed by atoms with Crippen molar-refractivity contribution in [3.63, 3.8) is 0 Å². The molecule has 0 spiro atoms. The first-order chi connectivity index (χ1) is 7.35. The second kappa shape index (κ2) is 12.0. The Balaban J connectivity index is 3.22. The van der Waals surface area contributed by atoms with Gasteiger partial charge in [0.1, 0.15) is 0 Å². The number of unbranched alkanes of at least 4 members (excludes halogenated alkanes) is 4. The molecule has 0 fully saturated rings. The van der Waals surface area contributed by atoms with Crippen molar-refractivity contribution in [1.82, 2.24) is 4.90 Å². The van der Waals surface area contributed by atoms with Gasteiger partial charge in [-0.1, -0.05) is 26.2 Å². The average Bonchev–Trinajstić information content (AvgIpc) is 2.27. The molecule has 15 heavy (non-hydrogen) atoms. The lowest BCUT2D eigenvalue weighted by atomic mass is 10.1. The van der Waals surface area contributed by atoms with Gasteiger partial charge >= 0.3 is 0 Å². The van der Waals surface area contributed by atoms with Crippen molar-refractivity contribution >= 4 is 0 Å². The summed E-state index contributed by atoms with van der Waals surface area (Å²) >= 11 is 0. The van der Waals surface area contributed by atoms with Crippen LogP contribution in [0, 0.1) is 0 Å². The van der Waals surface area contributed by atoms with E-state index in [-0.39, 0.29) is 0 Å². The van der Waals surface area contributed by atoms with Gasteiger partial charge in [0.05, 0.1) is 6.61 Å². The molecule has 0 aliphatic carbocycles. The van der Waals surface area contributed by atoms with Gasteiger partial charge in [0.15, 0.2) is 0 Å². The van der Waals surface area contributed by atoms with Gasteiger partial charge in [-0.05, 0) is 32.5 Å². The summed E-state index contributed by atoms with van der Waals surface area (Å²) in [4.78, 5) is 2.45. The molecule has 0 unspecified atom stereocenters. The lowest BCUT2D eigenvalue weighted by Gasteiger charge is -2.19. The number of rotatable bonds is 11. The zero-order chi connectivity index (χ0) is 11.4. The van der Waals surface area contributed by atoms with Crippen molar-refractivity contribution in [3.05, 3.63) is 0 Å². The Morgan fingerprint density at radius 2 is 1.67 bits per heavy atom. The standard InChI is InChI=1S/C12H28N2O/c1-3-14(11-12-15-2)10-8-6-4-5-7-9-13/h3-13H2,1-2H3. The molecule has 0 aliphatic heterocycles. The van der Waals surface area contributed by atoms with E-state index >= 15 is 0 Å². The van der Waals surface area contributed by atoms with Gasteiger partial charge in [-0.15, -0.1) is 0 Å². The van der Waals surface area contributed by atoms with Gasteiger partial charge in [0.2, 0.25) is 0 Å². The fraction of sp³-hybridized carbons (Fsp3) is 1.00. The van der Waals surface area contributed by atoms with E-state index in [1.54, 1.807) is 7.11 Å². The van der Waals surface area contributed by atoms with Crippen LogP contribution in [-0.4, -0.2) is 44.8 Å². The summed E-state index contributed by atoms with van der Waals surface area (Å²) in [7, 11) is 1.76. The number of methoxy groups -OCH3 is 1. The van der Waals surface area contributed by atoms with Crippen LogP contribution in [0.1, 0.15) is 39.0 Å². The smallest absolute Gasteiger partial charge is 0.0589 e. The molecular weight excluding hydrogens is 188 g/mol. The van der Waals surface area contributed by atoms with Crippen LogP contribution >= 0.6 is 0 Å². The lowest BCUT2D eigenvalue weighted by Crippen LogP contribution is -2.28. The van der Waals surface area contributed by atoms with Crippen LogP contribution in [0.25, 0.3) is 0 Å². The lowest BCUT2D eigenvalue weighted by molar-refractivity contribution is 0.149. The molecule has 0 rings (SSSR count). The Morgan fingerprint density at radius 3 is 2.27 bits per heavy atom. The van der Waals surface area contributed by atoms with Crippen molar-refractivity contribution < 1.29 is 4.74 Å². The van der Waals surface area contributed by atoms with E-state index in [1.807, 2.05) is 0 Å². The van der Waals surface area contributed by atoms with Gasteiger partial charge < -0.3 is 15.4 Å². The number of hydrogen-bond donors (Lipinski definition) is 1. The second-order valence-electron chi connectivity index (χ2n) is 3.98. The number of hydrogen-bond acceptors (Lipinski definition) is 3. The zero-order valence-electron chi connectivity index (χ0n) is 10.5. The largest absolute Gasteiger partial charge is 0.383 e. The molecule has 0 saturated heterocycles. The minimum absolute atomic E-state index is 0.842. The predicted molar refractivity (Wildman–Crippen MR) is 66.1 cm³/mol. The molecule has 0 amide bonds. The Morgan fingerprint density at radius 1 is 1.00 bits per heavy atom. The average molecular weight is 216 g/mol. The highest BCUT2D eigenvalue weighted by atomic mass is 16.5. The molecule has 3 nitrogen and oxygen atoms in total. The van der Waals surface area contributed by atoms with E-state index in [0.29, 0.717) is 0 Å². The Bertz CT molecular complexity index is 120. The SMILES string of the molecule is CCN(CCCCCCCN)CCOC. The van der Waals surface area contributed by atoms with Crippen LogP contribution < -0.4 is 5.73 Å². The Labute approximate surface area is 95.0 Å². The predicted octanol–water partition coefficient (Wildman–Crippen LogP) is 1.86. The van der Waals surface area contributed by atoms with Crippen molar-refractivity contribution in [3.8, 4) is 0 Å². The molecule has 0 radical (unpaired) electrons. The number of ether oxygens (including phenoxy) is 1. The first kappa shape index (κ1) is 14.9. The minimum atomic E-state index is 0.842. The first-order valence-electron chi connectivity index (χ1n) is 6.26. The highest BCUT2D eigenvalue weighted by molar-refractivity contribution is 4.55. The summed E-state index contributed by atoms with van der Waals surface area (Å²) in [6, 6.07) is 0. The minimum Gasteiger partial charge on any atom is -0.383 e. The first-order valence-corrected chi connectivity index (χ1v) is 6.26. The van der Waals surface area contributed by atoms with Crippen LogP contribution in [0.2, 0.25) is 0 Å². The maximum atomic E-state index is 5.45. The van der Waals surface area contributed by atoms with Crippen LogP contribution in [-0.2, 0) is 4.74 Å². The third-order valence-electron chi connectivity index (χ3n) is 2.74. The van der Waals surface area contributed by atoms with Crippen LogP contribution in [0.4, 0.5) is 0 Å². The number of nitrogens with zero attached hydrogens (tertiary/aromatic N) is 1. The van der Waals surface area contributed by atoms with Crippen LogP contribution in [0.3, 0.4) is 0 Å². The van der Waals surface area contributed by atoms with Crippen LogP contribution in [0.15, 0.2) is 0 Å². The van der Waals surface area contributed by atoms with E-state index in [2.05, 4.69) is 11.8 Å². The summed E-state index contributed by atoms with van der Waals surface area (Å²) in [5.74, 6) is 0. The number of nitrogens with two attached hydrogens (primary N) is 1. The summed E-state index contributed by atoms with van der Waals surface area (Å²) in [6.07, 6.45) is 6.45. The molecule has 92 valence electrons. The quantitative estimate of drug-likeness (QED) is 0.536.